The highest BCUT2D eigenvalue weighted by atomic mass is 35.5. The first-order valence-corrected chi connectivity index (χ1v) is 10.5. The molecule has 4 aromatic rings. The van der Waals surface area contributed by atoms with Crippen LogP contribution in [-0.4, -0.2) is 34.7 Å². The van der Waals surface area contributed by atoms with Crippen LogP contribution in [0.5, 0.6) is 11.5 Å². The number of aromatic nitrogens is 3. The third-order valence-corrected chi connectivity index (χ3v) is 5.40. The fourth-order valence-electron chi connectivity index (χ4n) is 3.57. The summed E-state index contributed by atoms with van der Waals surface area (Å²) in [5.74, 6) is 1.71. The van der Waals surface area contributed by atoms with Gasteiger partial charge < -0.3 is 14.8 Å². The van der Waals surface area contributed by atoms with E-state index in [1.807, 2.05) is 41.0 Å². The lowest BCUT2D eigenvalue weighted by atomic mass is 10.1. The van der Waals surface area contributed by atoms with Crippen LogP contribution in [-0.2, 0) is 17.6 Å². The molecule has 2 heterocycles. The van der Waals surface area contributed by atoms with E-state index in [0.29, 0.717) is 22.2 Å². The second kappa shape index (κ2) is 9.28. The number of halogens is 1. The van der Waals surface area contributed by atoms with Gasteiger partial charge in [-0.05, 0) is 35.9 Å². The van der Waals surface area contributed by atoms with Crippen molar-refractivity contribution in [3.8, 4) is 17.2 Å². The van der Waals surface area contributed by atoms with E-state index < -0.39 is 0 Å². The summed E-state index contributed by atoms with van der Waals surface area (Å²) in [6.07, 6.45) is 2.75. The monoisotopic (exact) mass is 450 g/mol. The molecule has 2 aromatic carbocycles. The summed E-state index contributed by atoms with van der Waals surface area (Å²) >= 11 is 6.19. The van der Waals surface area contributed by atoms with E-state index >= 15 is 0 Å². The molecule has 1 N–H and O–H groups in total. The van der Waals surface area contributed by atoms with Crippen LogP contribution in [0.4, 0.5) is 5.69 Å². The van der Waals surface area contributed by atoms with Crippen molar-refractivity contribution in [2.24, 2.45) is 0 Å². The Morgan fingerprint density at radius 1 is 1.09 bits per heavy atom. The average Bonchev–Trinajstić information content (AvgIpc) is 3.18. The van der Waals surface area contributed by atoms with E-state index in [1.54, 1.807) is 18.3 Å². The van der Waals surface area contributed by atoms with Gasteiger partial charge in [0.1, 0.15) is 22.8 Å². The van der Waals surface area contributed by atoms with E-state index in [-0.39, 0.29) is 12.3 Å². The lowest BCUT2D eigenvalue weighted by molar-refractivity contribution is -0.115. The van der Waals surface area contributed by atoms with E-state index in [2.05, 4.69) is 22.2 Å². The molecule has 8 heteroatoms. The molecule has 4 rings (SSSR count). The lowest BCUT2D eigenvalue weighted by Gasteiger charge is -2.13. The van der Waals surface area contributed by atoms with Gasteiger partial charge in [0, 0.05) is 24.4 Å². The minimum absolute atomic E-state index is 0.179. The second-order valence-corrected chi connectivity index (χ2v) is 7.55. The Morgan fingerprint density at radius 3 is 2.53 bits per heavy atom. The zero-order valence-corrected chi connectivity index (χ0v) is 18.8. The van der Waals surface area contributed by atoms with Gasteiger partial charge in [0.2, 0.25) is 5.91 Å². The van der Waals surface area contributed by atoms with Gasteiger partial charge in [-0.3, -0.25) is 9.36 Å². The molecule has 2 aromatic heterocycles. The number of fused-ring (bicyclic) bond motifs is 1. The van der Waals surface area contributed by atoms with Gasteiger partial charge in [0.15, 0.2) is 5.65 Å². The number of nitrogens with one attached hydrogen (secondary N) is 1. The molecular weight excluding hydrogens is 428 g/mol. The molecule has 0 saturated carbocycles. The highest BCUT2D eigenvalue weighted by Gasteiger charge is 2.14. The van der Waals surface area contributed by atoms with E-state index in [9.17, 15) is 4.79 Å². The van der Waals surface area contributed by atoms with Gasteiger partial charge in [0.05, 0.1) is 31.4 Å². The number of carbonyl (C=O) groups is 1. The Balaban J connectivity index is 1.53. The number of amides is 1. The first-order valence-electron chi connectivity index (χ1n) is 10.2. The van der Waals surface area contributed by atoms with Crippen molar-refractivity contribution < 1.29 is 14.3 Å². The van der Waals surface area contributed by atoms with Crippen molar-refractivity contribution in [1.82, 2.24) is 14.5 Å². The van der Waals surface area contributed by atoms with Crippen LogP contribution < -0.4 is 14.8 Å². The van der Waals surface area contributed by atoms with Gasteiger partial charge >= 0.3 is 0 Å². The molecule has 1 amide bonds. The number of pyridine rings is 1. The van der Waals surface area contributed by atoms with E-state index in [0.717, 1.165) is 34.7 Å². The average molecular weight is 451 g/mol. The summed E-state index contributed by atoms with van der Waals surface area (Å²) in [4.78, 5) is 21.8. The number of aryl methyl sites for hydroxylation is 1. The number of hydrogen-bond donors (Lipinski definition) is 1. The molecule has 0 radical (unpaired) electrons. The maximum atomic E-state index is 12.6. The summed E-state index contributed by atoms with van der Waals surface area (Å²) in [5.41, 5.74) is 4.00. The molecule has 0 bridgehead atoms. The molecule has 164 valence electrons. The van der Waals surface area contributed by atoms with E-state index in [1.165, 1.54) is 14.2 Å². The molecule has 0 aliphatic carbocycles. The Bertz CT molecular complexity index is 1270. The Hall–Kier alpha value is -3.58. The van der Waals surface area contributed by atoms with Gasteiger partial charge in [-0.15, -0.1) is 0 Å². The largest absolute Gasteiger partial charge is 0.495 e. The van der Waals surface area contributed by atoms with Gasteiger partial charge in [-0.1, -0.05) is 30.7 Å². The van der Waals surface area contributed by atoms with Crippen LogP contribution in [0.3, 0.4) is 0 Å². The van der Waals surface area contributed by atoms with E-state index in [4.69, 9.17) is 21.1 Å². The molecule has 0 spiro atoms. The Labute approximate surface area is 191 Å². The molecule has 0 atom stereocenters. The first kappa shape index (κ1) is 21.6. The van der Waals surface area contributed by atoms with Crippen molar-refractivity contribution in [1.29, 1.82) is 0 Å². The van der Waals surface area contributed by atoms with Gasteiger partial charge in [0.25, 0.3) is 0 Å². The first-order chi connectivity index (χ1) is 15.5. The molecule has 7 nitrogen and oxygen atoms in total. The zero-order valence-electron chi connectivity index (χ0n) is 18.1. The minimum Gasteiger partial charge on any atom is -0.495 e. The highest BCUT2D eigenvalue weighted by Crippen LogP contribution is 2.36. The fourth-order valence-corrected chi connectivity index (χ4v) is 3.81. The quantitative estimate of drug-likeness (QED) is 0.436. The SMILES string of the molecule is CCc1nc2cccnc2n1-c1ccc(CC(=O)Nc2cc(Cl)c(OC)cc2OC)cc1. The third kappa shape index (κ3) is 4.24. The minimum atomic E-state index is -0.179. The van der Waals surface area contributed by atoms with Gasteiger partial charge in [-0.2, -0.15) is 0 Å². The van der Waals surface area contributed by atoms with Crippen LogP contribution in [0, 0.1) is 0 Å². The number of hydrogen-bond acceptors (Lipinski definition) is 5. The smallest absolute Gasteiger partial charge is 0.228 e. The number of rotatable bonds is 7. The molecule has 0 fully saturated rings. The van der Waals surface area contributed by atoms with Crippen LogP contribution in [0.15, 0.2) is 54.7 Å². The third-order valence-electron chi connectivity index (χ3n) is 5.11. The molecule has 0 unspecified atom stereocenters. The van der Waals surface area contributed by atoms with Crippen molar-refractivity contribution in [3.63, 3.8) is 0 Å². The van der Waals surface area contributed by atoms with Crippen molar-refractivity contribution in [2.45, 2.75) is 19.8 Å². The Morgan fingerprint density at radius 2 is 1.84 bits per heavy atom. The molecule has 0 saturated heterocycles. The molecule has 0 aliphatic rings. The number of methoxy groups -OCH3 is 2. The predicted molar refractivity (Wildman–Crippen MR) is 125 cm³/mol. The Kier molecular flexibility index (Phi) is 6.28. The number of ether oxygens (including phenoxy) is 2. The fraction of sp³-hybridized carbons (Fsp3) is 0.208. The number of anilines is 1. The summed E-state index contributed by atoms with van der Waals surface area (Å²) in [6.45, 7) is 2.07. The van der Waals surface area contributed by atoms with Crippen molar-refractivity contribution in [2.75, 3.05) is 19.5 Å². The normalized spacial score (nSPS) is 10.9. The maximum Gasteiger partial charge on any atom is 0.228 e. The van der Waals surface area contributed by atoms with Crippen molar-refractivity contribution >= 4 is 34.4 Å². The molecule has 0 aliphatic heterocycles. The standard InChI is InChI=1S/C24H23ClN4O3/c1-4-22-27-18-6-5-11-26-24(18)29(22)16-9-7-15(8-10-16)12-23(30)28-19-13-17(25)20(31-2)14-21(19)32-3/h5-11,13-14H,4,12H2,1-3H3,(H,28,30). The molecule has 32 heavy (non-hydrogen) atoms. The van der Waals surface area contributed by atoms with Crippen molar-refractivity contribution in [3.05, 3.63) is 71.1 Å². The van der Waals surface area contributed by atoms with Crippen LogP contribution in [0.25, 0.3) is 16.9 Å². The highest BCUT2D eigenvalue weighted by molar-refractivity contribution is 6.32. The predicted octanol–water partition coefficient (Wildman–Crippen LogP) is 4.83. The summed E-state index contributed by atoms with van der Waals surface area (Å²) in [7, 11) is 3.05. The summed E-state index contributed by atoms with van der Waals surface area (Å²) in [6, 6.07) is 14.9. The number of nitrogens with zero attached hydrogens (tertiary/aromatic N) is 3. The number of imidazole rings is 1. The zero-order chi connectivity index (χ0) is 22.7. The number of benzene rings is 2. The van der Waals surface area contributed by atoms with Crippen LogP contribution in [0.1, 0.15) is 18.3 Å². The van der Waals surface area contributed by atoms with Crippen LogP contribution in [0.2, 0.25) is 5.02 Å². The molecular formula is C24H23ClN4O3. The maximum absolute atomic E-state index is 12.6. The summed E-state index contributed by atoms with van der Waals surface area (Å²) in [5, 5.41) is 3.25. The van der Waals surface area contributed by atoms with Gasteiger partial charge in [-0.25, -0.2) is 9.97 Å². The van der Waals surface area contributed by atoms with Crippen LogP contribution >= 0.6 is 11.6 Å². The topological polar surface area (TPSA) is 78.3 Å². The second-order valence-electron chi connectivity index (χ2n) is 7.14. The lowest BCUT2D eigenvalue weighted by Crippen LogP contribution is -2.15. The summed E-state index contributed by atoms with van der Waals surface area (Å²) < 4.78 is 12.6. The number of carbonyl (C=O) groups excluding carboxylic acids is 1.